The lowest BCUT2D eigenvalue weighted by molar-refractivity contribution is 0.609. The molecule has 0 fully saturated rings. The fourth-order valence-electron chi connectivity index (χ4n) is 1.33. The van der Waals surface area contributed by atoms with E-state index < -0.39 is 9.05 Å². The second-order valence-corrected chi connectivity index (χ2v) is 5.86. The van der Waals surface area contributed by atoms with Gasteiger partial charge in [0.1, 0.15) is 4.90 Å². The molecule has 1 aromatic carbocycles. The predicted octanol–water partition coefficient (Wildman–Crippen LogP) is 1.86. The van der Waals surface area contributed by atoms with Crippen LogP contribution < -0.4 is 0 Å². The van der Waals surface area contributed by atoms with Crippen LogP contribution in [0.15, 0.2) is 47.6 Å². The molecule has 0 saturated heterocycles. The molecular formula is C10H9ClN2O2S. The van der Waals surface area contributed by atoms with E-state index in [4.69, 9.17) is 10.7 Å². The summed E-state index contributed by atoms with van der Waals surface area (Å²) >= 11 is 0. The van der Waals surface area contributed by atoms with Gasteiger partial charge < -0.3 is 0 Å². The molecule has 2 aromatic rings. The average molecular weight is 257 g/mol. The molecule has 1 aromatic heterocycles. The van der Waals surface area contributed by atoms with E-state index in [0.717, 1.165) is 5.56 Å². The highest BCUT2D eigenvalue weighted by molar-refractivity contribution is 8.13. The molecule has 0 aliphatic carbocycles. The van der Waals surface area contributed by atoms with Crippen molar-refractivity contribution in [3.63, 3.8) is 0 Å². The quantitative estimate of drug-likeness (QED) is 0.788. The molecule has 0 aliphatic heterocycles. The molecule has 0 atom stereocenters. The number of benzene rings is 1. The van der Waals surface area contributed by atoms with Crippen molar-refractivity contribution in [2.24, 2.45) is 0 Å². The lowest BCUT2D eigenvalue weighted by Crippen LogP contribution is -1.99. The van der Waals surface area contributed by atoms with Crippen molar-refractivity contribution in [2.45, 2.75) is 11.4 Å². The Labute approximate surface area is 97.9 Å². The van der Waals surface area contributed by atoms with Gasteiger partial charge in [0.05, 0.1) is 12.7 Å². The second-order valence-electron chi connectivity index (χ2n) is 3.30. The topological polar surface area (TPSA) is 52.0 Å². The van der Waals surface area contributed by atoms with Gasteiger partial charge in [0.25, 0.3) is 9.05 Å². The second kappa shape index (κ2) is 4.27. The molecule has 0 spiro atoms. The van der Waals surface area contributed by atoms with Crippen molar-refractivity contribution in [3.8, 4) is 0 Å². The molecule has 2 rings (SSSR count). The SMILES string of the molecule is O=S(=O)(Cl)c1cnn(Cc2ccccc2)c1. The Morgan fingerprint density at radius 2 is 1.94 bits per heavy atom. The highest BCUT2D eigenvalue weighted by Gasteiger charge is 2.12. The Kier molecular flexibility index (Phi) is 2.98. The van der Waals surface area contributed by atoms with Crippen LogP contribution in [0.1, 0.15) is 5.56 Å². The van der Waals surface area contributed by atoms with E-state index >= 15 is 0 Å². The summed E-state index contributed by atoms with van der Waals surface area (Å²) in [6.45, 7) is 0.521. The molecular weight excluding hydrogens is 248 g/mol. The molecule has 1 heterocycles. The van der Waals surface area contributed by atoms with Crippen LogP contribution in [0.25, 0.3) is 0 Å². The smallest absolute Gasteiger partial charge is 0.264 e. The van der Waals surface area contributed by atoms with Crippen molar-refractivity contribution >= 4 is 19.7 Å². The number of halogens is 1. The summed E-state index contributed by atoms with van der Waals surface area (Å²) in [5.74, 6) is 0. The number of hydrogen-bond acceptors (Lipinski definition) is 3. The van der Waals surface area contributed by atoms with Crippen LogP contribution in [0.5, 0.6) is 0 Å². The lowest BCUT2D eigenvalue weighted by atomic mass is 10.2. The molecule has 16 heavy (non-hydrogen) atoms. The van der Waals surface area contributed by atoms with Crippen LogP contribution in [0.3, 0.4) is 0 Å². The van der Waals surface area contributed by atoms with Crippen molar-refractivity contribution in [1.82, 2.24) is 9.78 Å². The number of rotatable bonds is 3. The van der Waals surface area contributed by atoms with Gasteiger partial charge in [0.15, 0.2) is 0 Å². The average Bonchev–Trinajstić information content (AvgIpc) is 2.67. The lowest BCUT2D eigenvalue weighted by Gasteiger charge is -2.00. The Morgan fingerprint density at radius 1 is 1.25 bits per heavy atom. The van der Waals surface area contributed by atoms with Gasteiger partial charge in [0.2, 0.25) is 0 Å². The molecule has 0 bridgehead atoms. The first-order valence-corrected chi connectivity index (χ1v) is 6.88. The number of nitrogens with zero attached hydrogens (tertiary/aromatic N) is 2. The maximum absolute atomic E-state index is 11.0. The zero-order valence-electron chi connectivity index (χ0n) is 8.25. The number of hydrogen-bond donors (Lipinski definition) is 0. The van der Waals surface area contributed by atoms with Crippen molar-refractivity contribution in [1.29, 1.82) is 0 Å². The first-order valence-electron chi connectivity index (χ1n) is 4.57. The van der Waals surface area contributed by atoms with Crippen LogP contribution in [-0.4, -0.2) is 18.2 Å². The molecule has 4 nitrogen and oxygen atoms in total. The van der Waals surface area contributed by atoms with E-state index in [-0.39, 0.29) is 4.90 Å². The van der Waals surface area contributed by atoms with Crippen molar-refractivity contribution in [3.05, 3.63) is 48.3 Å². The molecule has 0 saturated carbocycles. The molecule has 0 N–H and O–H groups in total. The van der Waals surface area contributed by atoms with E-state index in [1.807, 2.05) is 30.3 Å². The zero-order chi connectivity index (χ0) is 11.6. The fourth-order valence-corrected chi connectivity index (χ4v) is 1.99. The largest absolute Gasteiger partial charge is 0.267 e. The van der Waals surface area contributed by atoms with Crippen LogP contribution >= 0.6 is 10.7 Å². The van der Waals surface area contributed by atoms with Gasteiger partial charge in [-0.2, -0.15) is 5.10 Å². The minimum atomic E-state index is -3.69. The van der Waals surface area contributed by atoms with E-state index in [0.29, 0.717) is 6.54 Å². The van der Waals surface area contributed by atoms with Crippen LogP contribution in [0.2, 0.25) is 0 Å². The van der Waals surface area contributed by atoms with Gasteiger partial charge in [-0.05, 0) is 5.56 Å². The van der Waals surface area contributed by atoms with Crippen LogP contribution in [0, 0.1) is 0 Å². The van der Waals surface area contributed by atoms with Gasteiger partial charge in [-0.3, -0.25) is 4.68 Å². The standard InChI is InChI=1S/C10H9ClN2O2S/c11-16(14,15)10-6-12-13(8-10)7-9-4-2-1-3-5-9/h1-6,8H,7H2. The summed E-state index contributed by atoms with van der Waals surface area (Å²) in [6, 6.07) is 9.63. The van der Waals surface area contributed by atoms with E-state index in [9.17, 15) is 8.42 Å². The highest BCUT2D eigenvalue weighted by atomic mass is 35.7. The molecule has 0 unspecified atom stereocenters. The summed E-state index contributed by atoms with van der Waals surface area (Å²) in [4.78, 5) is 0.0186. The van der Waals surface area contributed by atoms with Crippen LogP contribution in [-0.2, 0) is 15.6 Å². The fraction of sp³-hybridized carbons (Fsp3) is 0.100. The van der Waals surface area contributed by atoms with Gasteiger partial charge in [-0.15, -0.1) is 0 Å². The summed E-state index contributed by atoms with van der Waals surface area (Å²) in [5.41, 5.74) is 1.05. The molecule has 0 aliphatic rings. The summed E-state index contributed by atoms with van der Waals surface area (Å²) in [7, 11) is 1.51. The monoisotopic (exact) mass is 256 g/mol. The third kappa shape index (κ3) is 2.62. The van der Waals surface area contributed by atoms with Gasteiger partial charge in [-0.1, -0.05) is 30.3 Å². The van der Waals surface area contributed by atoms with E-state index in [1.54, 1.807) is 0 Å². The minimum absolute atomic E-state index is 0.0186. The summed E-state index contributed by atoms with van der Waals surface area (Å²) in [5, 5.41) is 3.93. The normalized spacial score (nSPS) is 11.6. The third-order valence-corrected chi connectivity index (χ3v) is 3.39. The predicted molar refractivity (Wildman–Crippen MR) is 60.8 cm³/mol. The Bertz CT molecular complexity index is 578. The van der Waals surface area contributed by atoms with Gasteiger partial charge in [0, 0.05) is 16.9 Å². The first kappa shape index (κ1) is 11.2. The number of aromatic nitrogens is 2. The van der Waals surface area contributed by atoms with E-state index in [1.165, 1.54) is 17.1 Å². The molecule has 0 radical (unpaired) electrons. The third-order valence-electron chi connectivity index (χ3n) is 2.08. The molecule has 6 heteroatoms. The molecule has 84 valence electrons. The summed E-state index contributed by atoms with van der Waals surface area (Å²) in [6.07, 6.45) is 2.65. The summed E-state index contributed by atoms with van der Waals surface area (Å²) < 4.78 is 23.6. The minimum Gasteiger partial charge on any atom is -0.267 e. The zero-order valence-corrected chi connectivity index (χ0v) is 9.82. The first-order chi connectivity index (χ1) is 7.55. The maximum atomic E-state index is 11.0. The Morgan fingerprint density at radius 3 is 2.50 bits per heavy atom. The van der Waals surface area contributed by atoms with Gasteiger partial charge in [-0.25, -0.2) is 8.42 Å². The molecule has 0 amide bonds. The maximum Gasteiger partial charge on any atom is 0.264 e. The van der Waals surface area contributed by atoms with Gasteiger partial charge >= 0.3 is 0 Å². The Balaban J connectivity index is 2.22. The van der Waals surface area contributed by atoms with Crippen molar-refractivity contribution in [2.75, 3.05) is 0 Å². The Hall–Kier alpha value is -1.33. The van der Waals surface area contributed by atoms with Crippen LogP contribution in [0.4, 0.5) is 0 Å². The van der Waals surface area contributed by atoms with Crippen molar-refractivity contribution < 1.29 is 8.42 Å². The highest BCUT2D eigenvalue weighted by Crippen LogP contribution is 2.13. The van der Waals surface area contributed by atoms with E-state index in [2.05, 4.69) is 5.10 Å².